The van der Waals surface area contributed by atoms with Crippen molar-refractivity contribution in [2.45, 2.75) is 51.9 Å². The first-order valence-electron chi connectivity index (χ1n) is 7.12. The highest BCUT2D eigenvalue weighted by Crippen LogP contribution is 2.25. The van der Waals surface area contributed by atoms with E-state index in [9.17, 15) is 4.79 Å². The van der Waals surface area contributed by atoms with Gasteiger partial charge in [0.25, 0.3) is 0 Å². The summed E-state index contributed by atoms with van der Waals surface area (Å²) in [6.45, 7) is 12.6. The first-order valence-corrected chi connectivity index (χ1v) is 8.33. The summed E-state index contributed by atoms with van der Waals surface area (Å²) in [5, 5.41) is 12.5. The van der Waals surface area contributed by atoms with E-state index in [1.165, 1.54) is 5.56 Å². The maximum absolute atomic E-state index is 10.9. The summed E-state index contributed by atoms with van der Waals surface area (Å²) in [7, 11) is 0. The van der Waals surface area contributed by atoms with Crippen LogP contribution >= 0.6 is 24.3 Å². The van der Waals surface area contributed by atoms with Gasteiger partial charge in [-0.2, -0.15) is 0 Å². The number of carbonyl (C=O) groups excluding carboxylic acids is 1. The molecule has 23 heavy (non-hydrogen) atoms. The minimum atomic E-state index is -0.697. The lowest BCUT2D eigenvalue weighted by Crippen LogP contribution is -2.10. The molecule has 0 heterocycles. The Labute approximate surface area is 148 Å². The molecular weight excluding hydrogens is 330 g/mol. The summed E-state index contributed by atoms with van der Waals surface area (Å²) in [5.41, 5.74) is 1.55. The first kappa shape index (κ1) is 21.6. The summed E-state index contributed by atoms with van der Waals surface area (Å²) in [4.78, 5) is 11.7. The van der Waals surface area contributed by atoms with E-state index in [-0.39, 0.29) is 10.8 Å². The Bertz CT molecular complexity index is 526. The van der Waals surface area contributed by atoms with E-state index in [0.717, 1.165) is 16.9 Å². The Balaban J connectivity index is 0.000000688. The zero-order valence-corrected chi connectivity index (χ0v) is 16.1. The average Bonchev–Trinajstić information content (AvgIpc) is 2.45. The summed E-state index contributed by atoms with van der Waals surface area (Å²) in [6, 6.07) is 7.76. The summed E-state index contributed by atoms with van der Waals surface area (Å²) in [6.07, 6.45) is 0.705. The number of hydrogen-bond acceptors (Lipinski definition) is 6. The molecule has 1 N–H and O–H groups in total. The molecule has 0 radical (unpaired) electrons. The number of nitrogens with zero attached hydrogens (tertiary/aromatic N) is 1. The molecule has 0 aliphatic heterocycles. The van der Waals surface area contributed by atoms with Gasteiger partial charge in [-0.3, -0.25) is 0 Å². The van der Waals surface area contributed by atoms with Crippen molar-refractivity contribution in [2.24, 2.45) is 10.6 Å². The second kappa shape index (κ2) is 9.67. The van der Waals surface area contributed by atoms with Crippen LogP contribution in [0.4, 0.5) is 0 Å². The van der Waals surface area contributed by atoms with Gasteiger partial charge in [0.2, 0.25) is 0 Å². The SMILES string of the molecule is CC(C)(C)C=S.CC(C)(C)c1ccc(SOC(=O)/C=N/O)cc1. The fourth-order valence-electron chi connectivity index (χ4n) is 1.17. The second-order valence-electron chi connectivity index (χ2n) is 6.99. The Morgan fingerprint density at radius 2 is 1.65 bits per heavy atom. The minimum absolute atomic E-state index is 0.101. The molecular formula is C17H25NO3S2. The van der Waals surface area contributed by atoms with Gasteiger partial charge in [-0.05, 0) is 33.9 Å². The first-order chi connectivity index (χ1) is 10.5. The van der Waals surface area contributed by atoms with Crippen LogP contribution in [0.5, 0.6) is 0 Å². The zero-order valence-electron chi connectivity index (χ0n) is 14.5. The molecule has 0 atom stereocenters. The molecule has 4 nitrogen and oxygen atoms in total. The van der Waals surface area contributed by atoms with Gasteiger partial charge in [0.05, 0.1) is 12.0 Å². The van der Waals surface area contributed by atoms with Gasteiger partial charge in [-0.15, -0.1) is 0 Å². The summed E-state index contributed by atoms with van der Waals surface area (Å²) < 4.78 is 4.76. The lowest BCUT2D eigenvalue weighted by atomic mass is 9.87. The molecule has 0 saturated heterocycles. The molecule has 128 valence electrons. The van der Waals surface area contributed by atoms with Gasteiger partial charge in [-0.1, -0.05) is 71.0 Å². The lowest BCUT2D eigenvalue weighted by molar-refractivity contribution is -0.125. The molecule has 0 unspecified atom stereocenters. The van der Waals surface area contributed by atoms with Crippen LogP contribution in [0, 0.1) is 5.41 Å². The number of hydrogen-bond donors (Lipinski definition) is 1. The Kier molecular flexibility index (Phi) is 9.09. The van der Waals surface area contributed by atoms with Crippen molar-refractivity contribution >= 4 is 41.8 Å². The summed E-state index contributed by atoms with van der Waals surface area (Å²) >= 11 is 5.60. The maximum atomic E-state index is 10.9. The molecule has 0 amide bonds. The predicted molar refractivity (Wildman–Crippen MR) is 100 cm³/mol. The molecule has 1 aromatic carbocycles. The van der Waals surface area contributed by atoms with E-state index in [1.54, 1.807) is 5.37 Å². The van der Waals surface area contributed by atoms with Crippen molar-refractivity contribution in [1.82, 2.24) is 0 Å². The van der Waals surface area contributed by atoms with Gasteiger partial charge in [-0.25, -0.2) is 4.79 Å². The molecule has 0 bridgehead atoms. The quantitative estimate of drug-likeness (QED) is 0.271. The van der Waals surface area contributed by atoms with E-state index < -0.39 is 5.97 Å². The number of carbonyl (C=O) groups is 1. The molecule has 1 rings (SSSR count). The van der Waals surface area contributed by atoms with E-state index in [4.69, 9.17) is 9.39 Å². The molecule has 0 spiro atoms. The molecule has 0 saturated carbocycles. The molecule has 1 aromatic rings. The third-order valence-electron chi connectivity index (χ3n) is 2.46. The van der Waals surface area contributed by atoms with E-state index in [2.05, 4.69) is 58.9 Å². The topological polar surface area (TPSA) is 58.9 Å². The monoisotopic (exact) mass is 355 g/mol. The standard InChI is InChI=1S/C12H15NO3S.C5H10S/c1-12(2,3)9-4-6-10(7-5-9)17-16-11(14)8-13-15;1-5(2,3)4-6/h4-8,15H,1-3H3;4H,1-3H3/b13-8+;. The Morgan fingerprint density at radius 1 is 1.17 bits per heavy atom. The third kappa shape index (κ3) is 10.9. The average molecular weight is 356 g/mol. The van der Waals surface area contributed by atoms with Crippen LogP contribution < -0.4 is 0 Å². The van der Waals surface area contributed by atoms with Crippen LogP contribution in [0.25, 0.3) is 0 Å². The smallest absolute Gasteiger partial charge is 0.365 e. The lowest BCUT2D eigenvalue weighted by Gasteiger charge is -2.18. The highest BCUT2D eigenvalue weighted by molar-refractivity contribution is 7.95. The number of rotatable bonds is 3. The normalized spacial score (nSPS) is 11.6. The second-order valence-corrected chi connectivity index (χ2v) is 8.03. The van der Waals surface area contributed by atoms with Crippen molar-refractivity contribution in [3.63, 3.8) is 0 Å². The number of oxime groups is 1. The van der Waals surface area contributed by atoms with Gasteiger partial charge in [0.15, 0.2) is 6.21 Å². The van der Waals surface area contributed by atoms with Crippen LogP contribution in [-0.2, 0) is 14.4 Å². The van der Waals surface area contributed by atoms with Crippen LogP contribution in [0.3, 0.4) is 0 Å². The highest BCUT2D eigenvalue weighted by Gasteiger charge is 2.13. The van der Waals surface area contributed by atoms with Gasteiger partial charge in [0, 0.05) is 4.90 Å². The highest BCUT2D eigenvalue weighted by atomic mass is 32.2. The maximum Gasteiger partial charge on any atom is 0.365 e. The van der Waals surface area contributed by atoms with Gasteiger partial charge >= 0.3 is 5.97 Å². The third-order valence-corrected chi connectivity index (χ3v) is 3.88. The van der Waals surface area contributed by atoms with Crippen molar-refractivity contribution in [2.75, 3.05) is 0 Å². The van der Waals surface area contributed by atoms with Crippen LogP contribution in [0.2, 0.25) is 0 Å². The zero-order chi connectivity index (χ0) is 18.1. The van der Waals surface area contributed by atoms with Gasteiger partial charge < -0.3 is 9.39 Å². The van der Waals surface area contributed by atoms with E-state index in [0.29, 0.717) is 6.21 Å². The fraction of sp³-hybridized carbons (Fsp3) is 0.471. The van der Waals surface area contributed by atoms with Crippen molar-refractivity contribution in [1.29, 1.82) is 0 Å². The Morgan fingerprint density at radius 3 is 2.00 bits per heavy atom. The Hall–Kier alpha value is -1.40. The van der Waals surface area contributed by atoms with Crippen LogP contribution in [0.1, 0.15) is 47.1 Å². The van der Waals surface area contributed by atoms with Crippen LogP contribution in [0.15, 0.2) is 34.3 Å². The predicted octanol–water partition coefficient (Wildman–Crippen LogP) is 5.03. The number of benzene rings is 1. The minimum Gasteiger partial charge on any atom is -0.411 e. The molecule has 0 aromatic heterocycles. The van der Waals surface area contributed by atoms with Gasteiger partial charge in [0.1, 0.15) is 0 Å². The molecule has 0 aliphatic rings. The van der Waals surface area contributed by atoms with Crippen LogP contribution in [-0.4, -0.2) is 22.8 Å². The molecule has 6 heteroatoms. The molecule has 0 fully saturated rings. The van der Waals surface area contributed by atoms with Crippen molar-refractivity contribution in [3.8, 4) is 0 Å². The summed E-state index contributed by atoms with van der Waals surface area (Å²) in [5.74, 6) is -0.697. The fourth-order valence-corrected chi connectivity index (χ4v) is 1.64. The van der Waals surface area contributed by atoms with E-state index >= 15 is 0 Å². The largest absolute Gasteiger partial charge is 0.411 e. The number of thiocarbonyl (C=S) groups is 1. The van der Waals surface area contributed by atoms with Crippen molar-refractivity contribution < 1.29 is 14.2 Å². The van der Waals surface area contributed by atoms with E-state index in [1.807, 2.05) is 24.3 Å². The molecule has 0 aliphatic carbocycles. The van der Waals surface area contributed by atoms with Crippen molar-refractivity contribution in [3.05, 3.63) is 29.8 Å².